The van der Waals surface area contributed by atoms with Gasteiger partial charge in [0.15, 0.2) is 0 Å². The summed E-state index contributed by atoms with van der Waals surface area (Å²) in [5, 5.41) is 9.75. The summed E-state index contributed by atoms with van der Waals surface area (Å²) in [4.78, 5) is 0. The predicted octanol–water partition coefficient (Wildman–Crippen LogP) is 6.86. The Labute approximate surface area is 142 Å². The Hall–Kier alpha value is -2.38. The van der Waals surface area contributed by atoms with Crippen molar-refractivity contribution in [2.24, 2.45) is 0 Å². The summed E-state index contributed by atoms with van der Waals surface area (Å²) in [5.41, 5.74) is 0. The van der Waals surface area contributed by atoms with Crippen molar-refractivity contribution in [1.29, 1.82) is 0 Å². The van der Waals surface area contributed by atoms with E-state index in [1.807, 2.05) is 0 Å². The molecule has 1 heteroatoms. The van der Waals surface area contributed by atoms with Crippen molar-refractivity contribution in [2.75, 3.05) is 0 Å². The van der Waals surface area contributed by atoms with E-state index in [4.69, 9.17) is 0 Å². The first-order valence-electron chi connectivity index (χ1n) is 7.65. The fourth-order valence-corrected chi connectivity index (χ4v) is 4.00. The lowest BCUT2D eigenvalue weighted by Crippen LogP contribution is -1.83. The zero-order valence-corrected chi connectivity index (χ0v) is 13.9. The maximum Gasteiger partial charge on any atom is 0.0333 e. The molecule has 0 N–H and O–H groups in total. The number of hydrogen-bond acceptors (Lipinski definition) is 0. The monoisotopic (exact) mass is 355 g/mol. The summed E-state index contributed by atoms with van der Waals surface area (Å²) in [6, 6.07) is 29.5. The molecule has 0 atom stereocenters. The standard InChI is InChI=1S/C22H12Br/c23-22-20-12-16-7-3-1-5-14(16)9-18(20)11-19-10-15-6-2-4-8-17(15)13-21(19)22/h1-10,12-13H. The van der Waals surface area contributed by atoms with E-state index < -0.39 is 0 Å². The molecule has 5 rings (SSSR count). The molecule has 0 aromatic heterocycles. The summed E-state index contributed by atoms with van der Waals surface area (Å²) in [5.74, 6) is 0. The Morgan fingerprint density at radius 1 is 0.565 bits per heavy atom. The molecule has 0 heterocycles. The van der Waals surface area contributed by atoms with Crippen LogP contribution in [-0.4, -0.2) is 0 Å². The van der Waals surface area contributed by atoms with Crippen LogP contribution in [0.3, 0.4) is 0 Å². The fourth-order valence-electron chi connectivity index (χ4n) is 3.34. The minimum atomic E-state index is 1.15. The van der Waals surface area contributed by atoms with Gasteiger partial charge in [-0.15, -0.1) is 0 Å². The highest BCUT2D eigenvalue weighted by Crippen LogP contribution is 2.36. The van der Waals surface area contributed by atoms with Crippen LogP contribution in [0.2, 0.25) is 0 Å². The summed E-state index contributed by atoms with van der Waals surface area (Å²) < 4.78 is 1.15. The molecule has 0 aliphatic carbocycles. The van der Waals surface area contributed by atoms with Crippen LogP contribution in [-0.2, 0) is 0 Å². The Bertz CT molecular complexity index is 1120. The molecule has 5 aromatic carbocycles. The quantitative estimate of drug-likeness (QED) is 0.266. The van der Waals surface area contributed by atoms with Crippen LogP contribution in [0.5, 0.6) is 0 Å². The molecule has 0 aliphatic rings. The summed E-state index contributed by atoms with van der Waals surface area (Å²) in [6.07, 6.45) is 0. The molecule has 23 heavy (non-hydrogen) atoms. The molecule has 0 saturated carbocycles. The Morgan fingerprint density at radius 2 is 0.957 bits per heavy atom. The molecule has 0 bridgehead atoms. The third kappa shape index (κ3) is 1.97. The van der Waals surface area contributed by atoms with Crippen molar-refractivity contribution in [3.63, 3.8) is 0 Å². The predicted molar refractivity (Wildman–Crippen MR) is 103 cm³/mol. The van der Waals surface area contributed by atoms with Crippen LogP contribution in [0.25, 0.3) is 43.1 Å². The van der Waals surface area contributed by atoms with Gasteiger partial charge in [0.05, 0.1) is 0 Å². The van der Waals surface area contributed by atoms with Gasteiger partial charge >= 0.3 is 0 Å². The van der Waals surface area contributed by atoms with Gasteiger partial charge in [-0.2, -0.15) is 0 Å². The number of rotatable bonds is 0. The number of fused-ring (bicyclic) bond motifs is 4. The first-order valence-corrected chi connectivity index (χ1v) is 8.45. The maximum absolute atomic E-state index is 3.83. The van der Waals surface area contributed by atoms with Crippen LogP contribution >= 0.6 is 15.9 Å². The van der Waals surface area contributed by atoms with Gasteiger partial charge in [-0.3, -0.25) is 0 Å². The van der Waals surface area contributed by atoms with Gasteiger partial charge in [0.25, 0.3) is 0 Å². The van der Waals surface area contributed by atoms with E-state index in [0.29, 0.717) is 0 Å². The van der Waals surface area contributed by atoms with Gasteiger partial charge < -0.3 is 0 Å². The topological polar surface area (TPSA) is 0 Å². The number of benzene rings is 5. The van der Waals surface area contributed by atoms with Crippen LogP contribution in [0.15, 0.2) is 77.3 Å². The molecule has 1 radical (unpaired) electrons. The Kier molecular flexibility index (Phi) is 2.74. The lowest BCUT2D eigenvalue weighted by atomic mass is 9.97. The molecule has 0 nitrogen and oxygen atoms in total. The van der Waals surface area contributed by atoms with E-state index in [-0.39, 0.29) is 0 Å². The highest BCUT2D eigenvalue weighted by Gasteiger charge is 2.08. The summed E-state index contributed by atoms with van der Waals surface area (Å²) in [7, 11) is 0. The van der Waals surface area contributed by atoms with Gasteiger partial charge in [-0.05, 0) is 89.4 Å². The molecule has 5 aromatic rings. The number of hydrogen-bond donors (Lipinski definition) is 0. The largest absolute Gasteiger partial charge is 0.0616 e. The van der Waals surface area contributed by atoms with Gasteiger partial charge in [0, 0.05) is 4.47 Å². The molecule has 0 spiro atoms. The molecular weight excluding hydrogens is 344 g/mol. The highest BCUT2D eigenvalue weighted by molar-refractivity contribution is 9.10. The summed E-state index contributed by atoms with van der Waals surface area (Å²) >= 11 is 3.83. The SMILES string of the molecule is Brc1c2cc3ccccc3cc2[c]c2cc3ccccc3cc12. The van der Waals surface area contributed by atoms with Crippen molar-refractivity contribution in [2.45, 2.75) is 0 Å². The van der Waals surface area contributed by atoms with Crippen molar-refractivity contribution in [1.82, 2.24) is 0 Å². The van der Waals surface area contributed by atoms with E-state index in [1.165, 1.54) is 32.3 Å². The average Bonchev–Trinajstić information content (AvgIpc) is 2.59. The first kappa shape index (κ1) is 13.1. The van der Waals surface area contributed by atoms with Crippen molar-refractivity contribution >= 4 is 59.0 Å². The Balaban J connectivity index is 1.99. The Morgan fingerprint density at radius 3 is 1.39 bits per heavy atom. The van der Waals surface area contributed by atoms with Crippen molar-refractivity contribution in [3.8, 4) is 0 Å². The van der Waals surface area contributed by atoms with Gasteiger partial charge in [0.1, 0.15) is 0 Å². The van der Waals surface area contributed by atoms with E-state index in [9.17, 15) is 0 Å². The smallest absolute Gasteiger partial charge is 0.0333 e. The fraction of sp³-hybridized carbons (Fsp3) is 0. The lowest BCUT2D eigenvalue weighted by molar-refractivity contribution is 1.76. The van der Waals surface area contributed by atoms with Crippen LogP contribution < -0.4 is 0 Å². The average molecular weight is 356 g/mol. The lowest BCUT2D eigenvalue weighted by Gasteiger charge is -2.09. The molecule has 0 amide bonds. The minimum Gasteiger partial charge on any atom is -0.0616 e. The van der Waals surface area contributed by atoms with E-state index in [0.717, 1.165) is 15.2 Å². The number of halogens is 1. The van der Waals surface area contributed by atoms with E-state index >= 15 is 0 Å². The molecular formula is C22H12Br. The third-order valence-corrected chi connectivity index (χ3v) is 5.37. The molecule has 0 fully saturated rings. The zero-order chi connectivity index (χ0) is 15.4. The first-order chi connectivity index (χ1) is 11.3. The second kappa shape index (κ2) is 4.81. The molecule has 0 unspecified atom stereocenters. The second-order valence-electron chi connectivity index (χ2n) is 5.93. The summed E-state index contributed by atoms with van der Waals surface area (Å²) in [6.45, 7) is 0. The molecule has 0 saturated heterocycles. The van der Waals surface area contributed by atoms with Crippen LogP contribution in [0.4, 0.5) is 0 Å². The van der Waals surface area contributed by atoms with Crippen LogP contribution in [0.1, 0.15) is 0 Å². The minimum absolute atomic E-state index is 1.15. The van der Waals surface area contributed by atoms with Gasteiger partial charge in [0.2, 0.25) is 0 Å². The second-order valence-corrected chi connectivity index (χ2v) is 6.72. The van der Waals surface area contributed by atoms with Crippen LogP contribution in [0, 0.1) is 6.07 Å². The van der Waals surface area contributed by atoms with Gasteiger partial charge in [-0.1, -0.05) is 48.5 Å². The van der Waals surface area contributed by atoms with E-state index in [2.05, 4.69) is 94.8 Å². The third-order valence-electron chi connectivity index (χ3n) is 4.51. The maximum atomic E-state index is 3.83. The molecule has 107 valence electrons. The van der Waals surface area contributed by atoms with Crippen molar-refractivity contribution in [3.05, 3.63) is 83.3 Å². The van der Waals surface area contributed by atoms with Gasteiger partial charge in [-0.25, -0.2) is 0 Å². The van der Waals surface area contributed by atoms with Crippen molar-refractivity contribution < 1.29 is 0 Å². The normalized spacial score (nSPS) is 11.7. The van der Waals surface area contributed by atoms with E-state index in [1.54, 1.807) is 0 Å². The zero-order valence-electron chi connectivity index (χ0n) is 12.3. The molecule has 0 aliphatic heterocycles. The highest BCUT2D eigenvalue weighted by atomic mass is 79.9.